The lowest BCUT2D eigenvalue weighted by atomic mass is 9.80. The van der Waals surface area contributed by atoms with Crippen LogP contribution in [0.3, 0.4) is 0 Å². The first kappa shape index (κ1) is 13.0. The van der Waals surface area contributed by atoms with E-state index in [-0.39, 0.29) is 6.10 Å². The summed E-state index contributed by atoms with van der Waals surface area (Å²) in [6.07, 6.45) is 4.59. The van der Waals surface area contributed by atoms with Gasteiger partial charge < -0.3 is 10.0 Å². The standard InChI is InChI=1S/C13H27NO/c1-4-8-14(5-2)10-12-9-11(3)6-7-13(12)15/h11-13,15H,4-10H2,1-3H3. The van der Waals surface area contributed by atoms with Gasteiger partial charge in [-0.1, -0.05) is 20.8 Å². The van der Waals surface area contributed by atoms with Gasteiger partial charge in [-0.25, -0.2) is 0 Å². The molecule has 1 N–H and O–H groups in total. The molecule has 15 heavy (non-hydrogen) atoms. The monoisotopic (exact) mass is 213 g/mol. The second-order valence-electron chi connectivity index (χ2n) is 5.14. The van der Waals surface area contributed by atoms with Gasteiger partial charge in [0, 0.05) is 6.54 Å². The molecule has 0 bridgehead atoms. The predicted octanol–water partition coefficient (Wildman–Crippen LogP) is 2.52. The van der Waals surface area contributed by atoms with E-state index >= 15 is 0 Å². The average Bonchev–Trinajstić information content (AvgIpc) is 2.22. The predicted molar refractivity (Wildman–Crippen MR) is 64.9 cm³/mol. The van der Waals surface area contributed by atoms with Gasteiger partial charge in [-0.05, 0) is 50.6 Å². The van der Waals surface area contributed by atoms with Gasteiger partial charge in [-0.2, -0.15) is 0 Å². The van der Waals surface area contributed by atoms with Gasteiger partial charge in [-0.15, -0.1) is 0 Å². The van der Waals surface area contributed by atoms with E-state index in [9.17, 15) is 5.11 Å². The summed E-state index contributed by atoms with van der Waals surface area (Å²) in [5, 5.41) is 9.97. The fourth-order valence-corrected chi connectivity index (χ4v) is 2.71. The number of rotatable bonds is 5. The van der Waals surface area contributed by atoms with Gasteiger partial charge in [0.15, 0.2) is 0 Å². The molecule has 1 aliphatic carbocycles. The van der Waals surface area contributed by atoms with E-state index in [1.165, 1.54) is 25.8 Å². The quantitative estimate of drug-likeness (QED) is 0.758. The fourth-order valence-electron chi connectivity index (χ4n) is 2.71. The Morgan fingerprint density at radius 1 is 1.27 bits per heavy atom. The molecule has 0 aromatic rings. The number of aliphatic hydroxyl groups excluding tert-OH is 1. The molecule has 1 aliphatic rings. The van der Waals surface area contributed by atoms with E-state index in [0.717, 1.165) is 25.4 Å². The Hall–Kier alpha value is -0.0800. The van der Waals surface area contributed by atoms with Crippen molar-refractivity contribution in [2.45, 2.75) is 52.6 Å². The Morgan fingerprint density at radius 3 is 2.60 bits per heavy atom. The third-order valence-corrected chi connectivity index (χ3v) is 3.68. The first-order valence-electron chi connectivity index (χ1n) is 6.57. The van der Waals surface area contributed by atoms with Crippen LogP contribution in [-0.4, -0.2) is 35.7 Å². The molecule has 0 heterocycles. The lowest BCUT2D eigenvalue weighted by Crippen LogP contribution is -2.38. The zero-order valence-corrected chi connectivity index (χ0v) is 10.6. The molecule has 1 rings (SSSR count). The van der Waals surface area contributed by atoms with Crippen molar-refractivity contribution < 1.29 is 5.11 Å². The lowest BCUT2D eigenvalue weighted by Gasteiger charge is -2.35. The minimum atomic E-state index is -0.0490. The van der Waals surface area contributed by atoms with E-state index in [1.54, 1.807) is 0 Å². The highest BCUT2D eigenvalue weighted by Gasteiger charge is 2.27. The first-order chi connectivity index (χ1) is 7.17. The number of aliphatic hydroxyl groups is 1. The molecule has 0 aromatic carbocycles. The van der Waals surface area contributed by atoms with Crippen LogP contribution in [0.15, 0.2) is 0 Å². The van der Waals surface area contributed by atoms with E-state index in [1.807, 2.05) is 0 Å². The number of hydrogen-bond donors (Lipinski definition) is 1. The SMILES string of the molecule is CCCN(CC)CC1CC(C)CCC1O. The summed E-state index contributed by atoms with van der Waals surface area (Å²) in [4.78, 5) is 2.48. The highest BCUT2D eigenvalue weighted by Crippen LogP contribution is 2.29. The Balaban J connectivity index is 2.39. The van der Waals surface area contributed by atoms with Crippen molar-refractivity contribution in [3.8, 4) is 0 Å². The molecule has 1 fully saturated rings. The molecule has 3 unspecified atom stereocenters. The summed E-state index contributed by atoms with van der Waals surface area (Å²) in [6.45, 7) is 10.1. The maximum atomic E-state index is 9.97. The van der Waals surface area contributed by atoms with Crippen LogP contribution in [0.4, 0.5) is 0 Å². The topological polar surface area (TPSA) is 23.5 Å². The molecule has 90 valence electrons. The van der Waals surface area contributed by atoms with Crippen molar-refractivity contribution >= 4 is 0 Å². The van der Waals surface area contributed by atoms with Crippen LogP contribution in [-0.2, 0) is 0 Å². The van der Waals surface area contributed by atoms with Crippen molar-refractivity contribution in [2.24, 2.45) is 11.8 Å². The van der Waals surface area contributed by atoms with Crippen LogP contribution in [0.25, 0.3) is 0 Å². The summed E-state index contributed by atoms with van der Waals surface area (Å²) in [5.41, 5.74) is 0. The maximum absolute atomic E-state index is 9.97. The second kappa shape index (κ2) is 6.49. The summed E-state index contributed by atoms with van der Waals surface area (Å²) < 4.78 is 0. The summed E-state index contributed by atoms with van der Waals surface area (Å²) >= 11 is 0. The van der Waals surface area contributed by atoms with Crippen LogP contribution < -0.4 is 0 Å². The molecule has 2 nitrogen and oxygen atoms in total. The summed E-state index contributed by atoms with van der Waals surface area (Å²) in [7, 11) is 0. The molecule has 0 amide bonds. The smallest absolute Gasteiger partial charge is 0.0580 e. The van der Waals surface area contributed by atoms with Gasteiger partial charge in [0.25, 0.3) is 0 Å². The van der Waals surface area contributed by atoms with Crippen molar-refractivity contribution in [3.05, 3.63) is 0 Å². The number of nitrogens with zero attached hydrogens (tertiary/aromatic N) is 1. The van der Waals surface area contributed by atoms with Crippen LogP contribution in [0, 0.1) is 11.8 Å². The van der Waals surface area contributed by atoms with E-state index < -0.39 is 0 Å². The van der Waals surface area contributed by atoms with Gasteiger partial charge in [0.05, 0.1) is 6.10 Å². The van der Waals surface area contributed by atoms with Crippen molar-refractivity contribution in [1.29, 1.82) is 0 Å². The second-order valence-corrected chi connectivity index (χ2v) is 5.14. The van der Waals surface area contributed by atoms with E-state index in [0.29, 0.717) is 5.92 Å². The largest absolute Gasteiger partial charge is 0.393 e. The normalized spacial score (nSPS) is 32.2. The fraction of sp³-hybridized carbons (Fsp3) is 1.00. The molecule has 2 heteroatoms. The highest BCUT2D eigenvalue weighted by molar-refractivity contribution is 4.80. The zero-order valence-electron chi connectivity index (χ0n) is 10.6. The van der Waals surface area contributed by atoms with Gasteiger partial charge in [-0.3, -0.25) is 0 Å². The zero-order chi connectivity index (χ0) is 11.3. The Kier molecular flexibility index (Phi) is 5.62. The molecular formula is C13H27NO. The van der Waals surface area contributed by atoms with Crippen molar-refractivity contribution in [1.82, 2.24) is 4.90 Å². The van der Waals surface area contributed by atoms with Crippen molar-refractivity contribution in [2.75, 3.05) is 19.6 Å². The molecule has 0 saturated heterocycles. The molecule has 0 aromatic heterocycles. The lowest BCUT2D eigenvalue weighted by molar-refractivity contribution is 0.0314. The van der Waals surface area contributed by atoms with Gasteiger partial charge >= 0.3 is 0 Å². The maximum Gasteiger partial charge on any atom is 0.0580 e. The third kappa shape index (κ3) is 4.12. The van der Waals surface area contributed by atoms with E-state index in [4.69, 9.17) is 0 Å². The van der Waals surface area contributed by atoms with E-state index in [2.05, 4.69) is 25.7 Å². The average molecular weight is 213 g/mol. The Bertz CT molecular complexity index is 172. The van der Waals surface area contributed by atoms with Gasteiger partial charge in [0.2, 0.25) is 0 Å². The van der Waals surface area contributed by atoms with Crippen LogP contribution in [0.5, 0.6) is 0 Å². The van der Waals surface area contributed by atoms with Crippen molar-refractivity contribution in [3.63, 3.8) is 0 Å². The Labute approximate surface area is 94.7 Å². The molecule has 0 aliphatic heterocycles. The Morgan fingerprint density at radius 2 is 2.00 bits per heavy atom. The molecule has 1 saturated carbocycles. The summed E-state index contributed by atoms with van der Waals surface area (Å²) in [6, 6.07) is 0. The first-order valence-corrected chi connectivity index (χ1v) is 6.57. The minimum absolute atomic E-state index is 0.0490. The molecule has 0 spiro atoms. The molecular weight excluding hydrogens is 186 g/mol. The highest BCUT2D eigenvalue weighted by atomic mass is 16.3. The molecule has 3 atom stereocenters. The minimum Gasteiger partial charge on any atom is -0.393 e. The van der Waals surface area contributed by atoms with Crippen LogP contribution in [0.2, 0.25) is 0 Å². The number of hydrogen-bond acceptors (Lipinski definition) is 2. The summed E-state index contributed by atoms with van der Waals surface area (Å²) in [5.74, 6) is 1.32. The van der Waals surface area contributed by atoms with Gasteiger partial charge in [0.1, 0.15) is 0 Å². The van der Waals surface area contributed by atoms with Crippen LogP contribution >= 0.6 is 0 Å². The third-order valence-electron chi connectivity index (χ3n) is 3.68. The van der Waals surface area contributed by atoms with Crippen LogP contribution in [0.1, 0.15) is 46.5 Å². The molecule has 0 radical (unpaired) electrons.